The average molecular weight is 371 g/mol. The topological polar surface area (TPSA) is 78.0 Å². The summed E-state index contributed by atoms with van der Waals surface area (Å²) in [5, 5.41) is 6.81. The van der Waals surface area contributed by atoms with Gasteiger partial charge in [-0.05, 0) is 44.3 Å². The smallest absolute Gasteiger partial charge is 0.303 e. The number of benzene rings is 1. The summed E-state index contributed by atoms with van der Waals surface area (Å²) in [4.78, 5) is 14.3. The Morgan fingerprint density at radius 1 is 1.19 bits per heavy atom. The molecule has 2 saturated heterocycles. The van der Waals surface area contributed by atoms with Crippen molar-refractivity contribution in [3.05, 3.63) is 52.2 Å². The molecule has 2 atom stereocenters. The van der Waals surface area contributed by atoms with Crippen LogP contribution in [0, 0.1) is 11.8 Å². The number of hydrazine groups is 1. The largest absolute Gasteiger partial charge is 0.343 e. The van der Waals surface area contributed by atoms with Crippen LogP contribution in [0.2, 0.25) is 0 Å². The summed E-state index contributed by atoms with van der Waals surface area (Å²) in [6.45, 7) is 7.07. The predicted molar refractivity (Wildman–Crippen MR) is 105 cm³/mol. The summed E-state index contributed by atoms with van der Waals surface area (Å²) in [5.41, 5.74) is 8.07. The van der Waals surface area contributed by atoms with E-state index in [1.807, 2.05) is 6.92 Å². The van der Waals surface area contributed by atoms with Crippen molar-refractivity contribution < 1.29 is 0 Å². The van der Waals surface area contributed by atoms with Gasteiger partial charge in [-0.25, -0.2) is 15.3 Å². The molecule has 0 radical (unpaired) electrons. The van der Waals surface area contributed by atoms with E-state index >= 15 is 0 Å². The number of aromatic amines is 1. The van der Waals surface area contributed by atoms with Gasteiger partial charge in [0.05, 0.1) is 6.04 Å². The number of rotatable bonds is 6. The molecule has 0 saturated carbocycles. The van der Waals surface area contributed by atoms with Gasteiger partial charge >= 0.3 is 5.69 Å². The molecule has 2 fully saturated rings. The molecule has 2 aromatic rings. The minimum Gasteiger partial charge on any atom is -0.303 e. The molecule has 0 bridgehead atoms. The van der Waals surface area contributed by atoms with Crippen LogP contribution in [0.5, 0.6) is 0 Å². The average Bonchev–Trinajstić information content (AvgIpc) is 3.30. The zero-order chi connectivity index (χ0) is 18.6. The number of aromatic nitrogens is 3. The molecule has 3 heterocycles. The minimum absolute atomic E-state index is 0.0851. The van der Waals surface area contributed by atoms with Gasteiger partial charge in [0.15, 0.2) is 0 Å². The third-order valence-corrected chi connectivity index (χ3v) is 6.08. The van der Waals surface area contributed by atoms with E-state index in [9.17, 15) is 4.79 Å². The number of nitrogens with zero attached hydrogens (tertiary/aromatic N) is 3. The number of nitrogens with one attached hydrogen (secondary N) is 3. The van der Waals surface area contributed by atoms with Gasteiger partial charge in [0.1, 0.15) is 5.82 Å². The fraction of sp³-hybridized carbons (Fsp3) is 0.600. The first-order chi connectivity index (χ1) is 13.2. The van der Waals surface area contributed by atoms with E-state index in [2.05, 4.69) is 56.3 Å². The van der Waals surface area contributed by atoms with Gasteiger partial charge in [-0.3, -0.25) is 9.99 Å². The molecule has 146 valence electrons. The molecule has 2 aliphatic rings. The van der Waals surface area contributed by atoms with Crippen molar-refractivity contribution in [3.63, 3.8) is 0 Å². The highest BCUT2D eigenvalue weighted by Gasteiger charge is 2.31. The Kier molecular flexibility index (Phi) is 5.71. The maximum Gasteiger partial charge on any atom is 0.343 e. The summed E-state index contributed by atoms with van der Waals surface area (Å²) < 4.78 is 1.76. The summed E-state index contributed by atoms with van der Waals surface area (Å²) in [5.74, 6) is 2.11. The van der Waals surface area contributed by atoms with Crippen molar-refractivity contribution in [1.82, 2.24) is 30.5 Å². The third-order valence-electron chi connectivity index (χ3n) is 6.08. The number of hydrogen-bond acceptors (Lipinski definition) is 5. The van der Waals surface area contributed by atoms with E-state index in [0.29, 0.717) is 24.4 Å². The van der Waals surface area contributed by atoms with E-state index < -0.39 is 0 Å². The minimum atomic E-state index is -0.0851. The Morgan fingerprint density at radius 3 is 2.70 bits per heavy atom. The third kappa shape index (κ3) is 4.15. The van der Waals surface area contributed by atoms with Crippen LogP contribution in [0.3, 0.4) is 0 Å². The first-order valence-corrected chi connectivity index (χ1v) is 10.1. The van der Waals surface area contributed by atoms with Crippen LogP contribution in [0.25, 0.3) is 0 Å². The zero-order valence-electron chi connectivity index (χ0n) is 16.0. The second-order valence-corrected chi connectivity index (χ2v) is 7.81. The molecule has 0 aliphatic carbocycles. The molecule has 3 N–H and O–H groups in total. The van der Waals surface area contributed by atoms with E-state index in [1.54, 1.807) is 4.57 Å². The van der Waals surface area contributed by atoms with Crippen molar-refractivity contribution >= 4 is 0 Å². The Hall–Kier alpha value is -1.96. The predicted octanol–water partition coefficient (Wildman–Crippen LogP) is 1.31. The van der Waals surface area contributed by atoms with Gasteiger partial charge < -0.3 is 4.90 Å². The highest BCUT2D eigenvalue weighted by molar-refractivity contribution is 5.20. The SMILES string of the molecule is CCn1c(CC2CCN(CC3CNNC3c3ccccc3)CC2)n[nH]c1=O. The Labute approximate surface area is 160 Å². The molecule has 1 aromatic heterocycles. The molecule has 0 spiro atoms. The molecule has 7 heteroatoms. The van der Waals surface area contributed by atoms with Crippen LogP contribution < -0.4 is 16.5 Å². The van der Waals surface area contributed by atoms with Gasteiger partial charge in [-0.2, -0.15) is 5.10 Å². The number of piperidine rings is 1. The quantitative estimate of drug-likeness (QED) is 0.715. The number of hydrogen-bond donors (Lipinski definition) is 3. The maximum absolute atomic E-state index is 11.7. The first kappa shape index (κ1) is 18.4. The molecular formula is C20H30N6O. The molecule has 2 aliphatic heterocycles. The number of H-pyrrole nitrogens is 1. The van der Waals surface area contributed by atoms with E-state index in [1.165, 1.54) is 18.4 Å². The van der Waals surface area contributed by atoms with Crippen LogP contribution in [-0.2, 0) is 13.0 Å². The van der Waals surface area contributed by atoms with Gasteiger partial charge in [0, 0.05) is 32.0 Å². The van der Waals surface area contributed by atoms with Crippen molar-refractivity contribution in [1.29, 1.82) is 0 Å². The molecule has 7 nitrogen and oxygen atoms in total. The summed E-state index contributed by atoms with van der Waals surface area (Å²) >= 11 is 0. The van der Waals surface area contributed by atoms with Crippen molar-refractivity contribution in [3.8, 4) is 0 Å². The van der Waals surface area contributed by atoms with Crippen LogP contribution in [0.1, 0.15) is 37.2 Å². The fourth-order valence-electron chi connectivity index (χ4n) is 4.52. The summed E-state index contributed by atoms with van der Waals surface area (Å²) in [7, 11) is 0. The fourth-order valence-corrected chi connectivity index (χ4v) is 4.52. The molecule has 1 aromatic carbocycles. The van der Waals surface area contributed by atoms with Crippen molar-refractivity contribution in [2.24, 2.45) is 11.8 Å². The zero-order valence-corrected chi connectivity index (χ0v) is 16.0. The Bertz CT molecular complexity index is 777. The second kappa shape index (κ2) is 8.37. The molecule has 4 rings (SSSR count). The summed E-state index contributed by atoms with van der Waals surface area (Å²) in [6, 6.07) is 11.1. The number of likely N-dealkylation sites (tertiary alicyclic amines) is 1. The molecule has 2 unspecified atom stereocenters. The van der Waals surface area contributed by atoms with Crippen LogP contribution in [0.4, 0.5) is 0 Å². The lowest BCUT2D eigenvalue weighted by Crippen LogP contribution is -2.39. The van der Waals surface area contributed by atoms with Crippen LogP contribution in [0.15, 0.2) is 35.1 Å². The van der Waals surface area contributed by atoms with E-state index in [4.69, 9.17) is 0 Å². The normalized spacial score (nSPS) is 24.5. The van der Waals surface area contributed by atoms with Gasteiger partial charge in [-0.1, -0.05) is 30.3 Å². The van der Waals surface area contributed by atoms with Crippen LogP contribution >= 0.6 is 0 Å². The standard InChI is InChI=1S/C20H30N6O/c1-2-26-18(22-24-20(26)27)12-15-8-10-25(11-9-15)14-17-13-21-23-19(17)16-6-4-3-5-7-16/h3-7,15,17,19,21,23H,2,8-14H2,1H3,(H,24,27). The lowest BCUT2D eigenvalue weighted by Gasteiger charge is -2.34. The first-order valence-electron chi connectivity index (χ1n) is 10.1. The molecule has 27 heavy (non-hydrogen) atoms. The van der Waals surface area contributed by atoms with Gasteiger partial charge in [0.2, 0.25) is 0 Å². The van der Waals surface area contributed by atoms with Crippen molar-refractivity contribution in [2.75, 3.05) is 26.2 Å². The lowest BCUT2D eigenvalue weighted by molar-refractivity contribution is 0.157. The molecular weight excluding hydrogens is 340 g/mol. The summed E-state index contributed by atoms with van der Waals surface area (Å²) in [6.07, 6.45) is 3.25. The van der Waals surface area contributed by atoms with E-state index in [-0.39, 0.29) is 5.69 Å². The van der Waals surface area contributed by atoms with E-state index in [0.717, 1.165) is 38.4 Å². The van der Waals surface area contributed by atoms with Crippen LogP contribution in [-0.4, -0.2) is 45.8 Å². The van der Waals surface area contributed by atoms with Crippen molar-refractivity contribution in [2.45, 2.75) is 38.8 Å². The highest BCUT2D eigenvalue weighted by Crippen LogP contribution is 2.27. The van der Waals surface area contributed by atoms with Gasteiger partial charge in [-0.15, -0.1) is 0 Å². The maximum atomic E-state index is 11.7. The Morgan fingerprint density at radius 2 is 1.96 bits per heavy atom. The second-order valence-electron chi connectivity index (χ2n) is 7.81. The molecule has 0 amide bonds. The Balaban J connectivity index is 1.30. The monoisotopic (exact) mass is 370 g/mol. The lowest BCUT2D eigenvalue weighted by atomic mass is 9.90. The highest BCUT2D eigenvalue weighted by atomic mass is 16.1. The van der Waals surface area contributed by atoms with Gasteiger partial charge in [0.25, 0.3) is 0 Å².